The molecule has 1 atom stereocenters. The molecule has 0 radical (unpaired) electrons. The third kappa shape index (κ3) is 7.45. The lowest BCUT2D eigenvalue weighted by Crippen LogP contribution is -2.53. The number of carbonyl (C=O) groups is 2. The van der Waals surface area contributed by atoms with Gasteiger partial charge in [0.1, 0.15) is 11.8 Å². The summed E-state index contributed by atoms with van der Waals surface area (Å²) in [6.45, 7) is 4.36. The Labute approximate surface area is 220 Å². The summed E-state index contributed by atoms with van der Waals surface area (Å²) in [4.78, 5) is 29.2. The topological polar surface area (TPSA) is 58.6 Å². The van der Waals surface area contributed by atoms with E-state index in [0.29, 0.717) is 18.7 Å². The Morgan fingerprint density at radius 2 is 1.59 bits per heavy atom. The van der Waals surface area contributed by atoms with Crippen LogP contribution in [0.25, 0.3) is 0 Å². The normalized spacial score (nSPS) is 14.2. The van der Waals surface area contributed by atoms with Crippen molar-refractivity contribution in [3.63, 3.8) is 0 Å². The molecule has 0 aromatic heterocycles. The summed E-state index contributed by atoms with van der Waals surface area (Å²) in [7, 11) is 0. The van der Waals surface area contributed by atoms with E-state index in [-0.39, 0.29) is 24.5 Å². The molecule has 1 N–H and O–H groups in total. The van der Waals surface area contributed by atoms with Gasteiger partial charge in [0.15, 0.2) is 6.61 Å². The molecule has 1 aliphatic carbocycles. The van der Waals surface area contributed by atoms with Gasteiger partial charge in [0.25, 0.3) is 5.91 Å². The number of rotatable bonds is 11. The highest BCUT2D eigenvalue weighted by molar-refractivity contribution is 5.88. The van der Waals surface area contributed by atoms with Crippen LogP contribution in [0.15, 0.2) is 78.9 Å². The van der Waals surface area contributed by atoms with Gasteiger partial charge >= 0.3 is 0 Å². The molecule has 1 saturated carbocycles. The Morgan fingerprint density at radius 1 is 0.919 bits per heavy atom. The highest BCUT2D eigenvalue weighted by atomic mass is 16.5. The van der Waals surface area contributed by atoms with Crippen molar-refractivity contribution in [2.45, 2.75) is 71.0 Å². The first-order valence-corrected chi connectivity index (χ1v) is 13.4. The Morgan fingerprint density at radius 3 is 2.27 bits per heavy atom. The number of amides is 2. The molecule has 37 heavy (non-hydrogen) atoms. The van der Waals surface area contributed by atoms with Crippen molar-refractivity contribution < 1.29 is 14.3 Å². The van der Waals surface area contributed by atoms with E-state index in [9.17, 15) is 9.59 Å². The minimum Gasteiger partial charge on any atom is -0.484 e. The smallest absolute Gasteiger partial charge is 0.261 e. The molecule has 1 fully saturated rings. The fourth-order valence-electron chi connectivity index (χ4n) is 4.94. The van der Waals surface area contributed by atoms with Crippen molar-refractivity contribution >= 4 is 11.8 Å². The quantitative estimate of drug-likeness (QED) is 0.372. The Bertz CT molecular complexity index is 1150. The Balaban J connectivity index is 1.60. The summed E-state index contributed by atoms with van der Waals surface area (Å²) in [5, 5.41) is 3.25. The summed E-state index contributed by atoms with van der Waals surface area (Å²) >= 11 is 0. The summed E-state index contributed by atoms with van der Waals surface area (Å²) in [6.07, 6.45) is 5.64. The van der Waals surface area contributed by atoms with Crippen molar-refractivity contribution in [1.82, 2.24) is 10.2 Å². The zero-order valence-electron chi connectivity index (χ0n) is 22.0. The second-order valence-corrected chi connectivity index (χ2v) is 9.93. The molecular weight excluding hydrogens is 460 g/mol. The molecule has 0 spiro atoms. The summed E-state index contributed by atoms with van der Waals surface area (Å²) in [5.41, 5.74) is 4.35. The number of nitrogens with one attached hydrogen (secondary N) is 1. The lowest BCUT2D eigenvalue weighted by atomic mass is 10.0. The number of hydrogen-bond donors (Lipinski definition) is 1. The Hall–Kier alpha value is -3.60. The van der Waals surface area contributed by atoms with Crippen LogP contribution in [-0.2, 0) is 29.0 Å². The number of ether oxygens (including phenoxy) is 1. The molecule has 0 bridgehead atoms. The highest BCUT2D eigenvalue weighted by Gasteiger charge is 2.32. The van der Waals surface area contributed by atoms with Gasteiger partial charge in [0, 0.05) is 19.0 Å². The number of carbonyl (C=O) groups excluding carboxylic acids is 2. The molecule has 0 unspecified atom stereocenters. The molecule has 4 rings (SSSR count). The average molecular weight is 499 g/mol. The monoisotopic (exact) mass is 498 g/mol. The van der Waals surface area contributed by atoms with Gasteiger partial charge in [-0.3, -0.25) is 9.59 Å². The van der Waals surface area contributed by atoms with Gasteiger partial charge in [-0.05, 0) is 60.6 Å². The van der Waals surface area contributed by atoms with Crippen LogP contribution in [-0.4, -0.2) is 35.4 Å². The van der Waals surface area contributed by atoms with Crippen LogP contribution in [0, 0.1) is 6.92 Å². The molecular formula is C32H38N2O3. The van der Waals surface area contributed by atoms with Crippen LogP contribution < -0.4 is 10.1 Å². The maximum Gasteiger partial charge on any atom is 0.261 e. The van der Waals surface area contributed by atoms with Gasteiger partial charge in [-0.2, -0.15) is 0 Å². The van der Waals surface area contributed by atoms with Crippen LogP contribution in [0.2, 0.25) is 0 Å². The molecule has 1 aliphatic rings. The van der Waals surface area contributed by atoms with E-state index in [1.807, 2.05) is 85.8 Å². The molecule has 0 aliphatic heterocycles. The molecule has 2 amide bonds. The molecule has 0 saturated heterocycles. The lowest BCUT2D eigenvalue weighted by Gasteiger charge is -2.32. The van der Waals surface area contributed by atoms with Gasteiger partial charge in [0.05, 0.1) is 0 Å². The van der Waals surface area contributed by atoms with Gasteiger partial charge in [0.2, 0.25) is 5.91 Å². The maximum atomic E-state index is 13.7. The van der Waals surface area contributed by atoms with Crippen molar-refractivity contribution in [3.8, 4) is 5.75 Å². The van der Waals surface area contributed by atoms with Crippen LogP contribution in [0.4, 0.5) is 0 Å². The fourth-order valence-corrected chi connectivity index (χ4v) is 4.94. The summed E-state index contributed by atoms with van der Waals surface area (Å²) < 4.78 is 5.91. The first-order chi connectivity index (χ1) is 18.0. The van der Waals surface area contributed by atoms with Crippen LogP contribution in [0.1, 0.15) is 54.9 Å². The molecule has 3 aromatic rings. The highest BCUT2D eigenvalue weighted by Crippen LogP contribution is 2.21. The van der Waals surface area contributed by atoms with Crippen LogP contribution in [0.5, 0.6) is 5.75 Å². The molecule has 0 heterocycles. The van der Waals surface area contributed by atoms with E-state index >= 15 is 0 Å². The third-order valence-electron chi connectivity index (χ3n) is 7.27. The van der Waals surface area contributed by atoms with E-state index in [1.54, 1.807) is 4.90 Å². The predicted molar refractivity (Wildman–Crippen MR) is 147 cm³/mol. The van der Waals surface area contributed by atoms with E-state index in [2.05, 4.69) is 12.2 Å². The fraction of sp³-hybridized carbons (Fsp3) is 0.375. The average Bonchev–Trinajstić information content (AvgIpc) is 3.44. The van der Waals surface area contributed by atoms with Gasteiger partial charge in [-0.25, -0.2) is 0 Å². The van der Waals surface area contributed by atoms with Gasteiger partial charge < -0.3 is 15.0 Å². The number of hydrogen-bond acceptors (Lipinski definition) is 3. The molecule has 3 aromatic carbocycles. The van der Waals surface area contributed by atoms with E-state index < -0.39 is 6.04 Å². The lowest BCUT2D eigenvalue weighted by molar-refractivity contribution is -0.143. The zero-order chi connectivity index (χ0) is 26.0. The van der Waals surface area contributed by atoms with Crippen molar-refractivity contribution in [2.24, 2.45) is 0 Å². The third-order valence-corrected chi connectivity index (χ3v) is 7.27. The van der Waals surface area contributed by atoms with Crippen LogP contribution >= 0.6 is 0 Å². The van der Waals surface area contributed by atoms with Crippen molar-refractivity contribution in [1.29, 1.82) is 0 Å². The summed E-state index contributed by atoms with van der Waals surface area (Å²) in [5.74, 6) is 0.353. The number of aryl methyl sites for hydroxylation is 2. The molecule has 5 heteroatoms. The van der Waals surface area contributed by atoms with Crippen molar-refractivity contribution in [2.75, 3.05) is 6.61 Å². The second-order valence-electron chi connectivity index (χ2n) is 9.93. The SMILES string of the molecule is CCc1ccc(OCC(=O)N(Cc2ccccc2C)[C@@H](Cc2ccccc2)C(=O)NC2CCCC2)cc1. The second kappa shape index (κ2) is 13.1. The van der Waals surface area contributed by atoms with E-state index in [1.165, 1.54) is 5.56 Å². The predicted octanol–water partition coefficient (Wildman–Crippen LogP) is 5.64. The Kier molecular flexibility index (Phi) is 9.36. The van der Waals surface area contributed by atoms with Gasteiger partial charge in [-0.15, -0.1) is 0 Å². The maximum absolute atomic E-state index is 13.7. The molecule has 5 nitrogen and oxygen atoms in total. The van der Waals surface area contributed by atoms with Crippen molar-refractivity contribution in [3.05, 3.63) is 101 Å². The standard InChI is InChI=1S/C32H38N2O3/c1-3-25-17-19-29(20-18-25)37-23-31(35)34(22-27-14-8-7-11-24(27)2)30(21-26-12-5-4-6-13-26)32(36)33-28-15-9-10-16-28/h4-8,11-14,17-20,28,30H,3,9-10,15-16,21-23H2,1-2H3,(H,33,36)/t30-/m0/s1. The molecule has 194 valence electrons. The minimum atomic E-state index is -0.638. The van der Waals surface area contributed by atoms with E-state index in [4.69, 9.17) is 4.74 Å². The number of benzene rings is 3. The van der Waals surface area contributed by atoms with Gasteiger partial charge in [-0.1, -0.05) is 86.5 Å². The number of nitrogens with zero attached hydrogens (tertiary/aromatic N) is 1. The first kappa shape index (κ1) is 26.5. The summed E-state index contributed by atoms with van der Waals surface area (Å²) in [6, 6.07) is 25.3. The van der Waals surface area contributed by atoms with Crippen LogP contribution in [0.3, 0.4) is 0 Å². The largest absolute Gasteiger partial charge is 0.484 e. The first-order valence-electron chi connectivity index (χ1n) is 13.4. The zero-order valence-corrected chi connectivity index (χ0v) is 22.0. The minimum absolute atomic E-state index is 0.0926. The van der Waals surface area contributed by atoms with E-state index in [0.717, 1.165) is 48.8 Å².